The van der Waals surface area contributed by atoms with Crippen molar-refractivity contribution in [3.05, 3.63) is 36.5 Å². The van der Waals surface area contributed by atoms with E-state index in [1.807, 2.05) is 19.1 Å². The number of carbonyl (C=O) groups is 2. The van der Waals surface area contributed by atoms with Crippen LogP contribution in [0.2, 0.25) is 0 Å². The second-order valence-corrected chi connectivity index (χ2v) is 21.4. The highest BCUT2D eigenvalue weighted by molar-refractivity contribution is 5.72. The van der Waals surface area contributed by atoms with Gasteiger partial charge in [-0.05, 0) is 82.6 Å². The van der Waals surface area contributed by atoms with Crippen molar-refractivity contribution in [2.24, 2.45) is 17.8 Å². The lowest BCUT2D eigenvalue weighted by atomic mass is 9.80. The molecule has 406 valence electrons. The van der Waals surface area contributed by atoms with Gasteiger partial charge in [0.25, 0.3) is 0 Å². The van der Waals surface area contributed by atoms with Crippen molar-refractivity contribution in [1.29, 1.82) is 0 Å². The number of aliphatic carboxylic acids is 1. The van der Waals surface area contributed by atoms with Crippen molar-refractivity contribution in [2.75, 3.05) is 14.2 Å². The van der Waals surface area contributed by atoms with Gasteiger partial charge in [-0.15, -0.1) is 0 Å². The van der Waals surface area contributed by atoms with Crippen molar-refractivity contribution < 1.29 is 93.4 Å². The lowest BCUT2D eigenvalue weighted by Gasteiger charge is -2.54. The number of rotatable bonds is 10. The molecule has 0 aromatic heterocycles. The van der Waals surface area contributed by atoms with Gasteiger partial charge >= 0.3 is 11.9 Å². The molecule has 0 unspecified atom stereocenters. The van der Waals surface area contributed by atoms with E-state index >= 15 is 0 Å². The second kappa shape index (κ2) is 25.9. The van der Waals surface area contributed by atoms with Crippen LogP contribution in [0.4, 0.5) is 0 Å². The molecule has 6 heterocycles. The van der Waals surface area contributed by atoms with E-state index in [2.05, 4.69) is 0 Å². The van der Waals surface area contributed by atoms with E-state index in [0.29, 0.717) is 51.4 Å². The number of aliphatic hydroxyl groups excluding tert-OH is 7. The minimum absolute atomic E-state index is 0.00247. The molecule has 21 atom stereocenters. The average molecular weight is 1010 g/mol. The third-order valence-electron chi connectivity index (χ3n) is 15.8. The number of allylic oxidation sites excluding steroid dienone is 2. The molecule has 0 aromatic rings. The van der Waals surface area contributed by atoms with Crippen LogP contribution in [0.5, 0.6) is 0 Å². The van der Waals surface area contributed by atoms with Gasteiger partial charge < -0.3 is 83.9 Å². The molecule has 6 aliphatic rings. The van der Waals surface area contributed by atoms with E-state index in [9.17, 15) is 50.4 Å². The molecule has 6 aliphatic heterocycles. The van der Waals surface area contributed by atoms with Gasteiger partial charge in [-0.1, -0.05) is 51.2 Å². The van der Waals surface area contributed by atoms with Crippen molar-refractivity contribution in [2.45, 2.75) is 245 Å². The van der Waals surface area contributed by atoms with Crippen molar-refractivity contribution in [3.63, 3.8) is 0 Å². The Bertz CT molecular complexity index is 1780. The summed E-state index contributed by atoms with van der Waals surface area (Å²) in [5, 5.41) is 100. The molecule has 9 N–H and O–H groups in total. The summed E-state index contributed by atoms with van der Waals surface area (Å²) in [5.41, 5.74) is 0. The summed E-state index contributed by atoms with van der Waals surface area (Å²) in [6, 6.07) is 0. The number of hydrogen-bond donors (Lipinski definition) is 9. The summed E-state index contributed by atoms with van der Waals surface area (Å²) < 4.78 is 50.4. The van der Waals surface area contributed by atoms with Crippen LogP contribution < -0.4 is 0 Å². The number of methoxy groups -OCH3 is 2. The minimum Gasteiger partial charge on any atom is -0.479 e. The van der Waals surface area contributed by atoms with Gasteiger partial charge in [-0.25, -0.2) is 4.79 Å². The fraction of sp³-hybridized carbons (Fsp3) is 0.846. The smallest absolute Gasteiger partial charge is 0.332 e. The third kappa shape index (κ3) is 15.3. The molecule has 5 fully saturated rings. The Morgan fingerprint density at radius 2 is 1.48 bits per heavy atom. The zero-order chi connectivity index (χ0) is 51.7. The van der Waals surface area contributed by atoms with Crippen LogP contribution in [0.15, 0.2) is 36.5 Å². The minimum atomic E-state index is -2.01. The molecule has 19 heteroatoms. The first-order valence-electron chi connectivity index (χ1n) is 26.0. The Morgan fingerprint density at radius 3 is 2.20 bits per heavy atom. The second-order valence-electron chi connectivity index (χ2n) is 21.4. The summed E-state index contributed by atoms with van der Waals surface area (Å²) in [5.74, 6) is -7.95. The number of cyclic esters (lactones) is 1. The number of hydrogen-bond acceptors (Lipinski definition) is 18. The topological polar surface area (TPSA) is 290 Å². The molecule has 71 heavy (non-hydrogen) atoms. The number of carbonyl (C=O) groups excluding carboxylic acids is 1. The first-order chi connectivity index (χ1) is 33.7. The standard InChI is InChI=1S/C52H84O19/c1-30-18-21-50-23-20-40(64-4)48(70-50)47(60)45(58)31(2)16-17-39-46(59)43(65-5)28-51(68-39)22-19-32(3)52(63,71-51)29-42(37(55)14-9-7-6-8-10-15-38(56)49(61)62)67-44(57)27-36-13-11-12-35(66-36)25-33(53)24-34(54)26-41(30)69-50/h7-10,18,21,30-43,45-48,53-56,58-60,63H,6,11-17,19-20,22-29H2,1-5H3,(H,61,62)/b9-7+,10-8-/t30-,31+,32+,33+,34+,35+,36-,37+,38+,39+,40-,41+,42+,43+,45+,46+,47-,48-,50-,51-,52-/m0/s1. The van der Waals surface area contributed by atoms with E-state index in [1.165, 1.54) is 20.3 Å². The summed E-state index contributed by atoms with van der Waals surface area (Å²) in [6.07, 6.45) is -0.0237. The van der Waals surface area contributed by atoms with Gasteiger partial charge in [0.15, 0.2) is 23.5 Å². The Labute approximate surface area is 418 Å². The molecule has 0 aliphatic carbocycles. The molecule has 5 saturated heterocycles. The van der Waals surface area contributed by atoms with E-state index in [1.54, 1.807) is 32.1 Å². The highest BCUT2D eigenvalue weighted by Crippen LogP contribution is 2.48. The number of esters is 1. The fourth-order valence-corrected chi connectivity index (χ4v) is 11.3. The van der Waals surface area contributed by atoms with E-state index in [0.717, 1.165) is 0 Å². The quantitative estimate of drug-likeness (QED) is 0.112. The van der Waals surface area contributed by atoms with Gasteiger partial charge in [-0.2, -0.15) is 0 Å². The van der Waals surface area contributed by atoms with E-state index < -0.39 is 133 Å². The first kappa shape index (κ1) is 57.8. The molecule has 2 spiro atoms. The van der Waals surface area contributed by atoms with E-state index in [-0.39, 0.29) is 70.1 Å². The van der Waals surface area contributed by atoms with Crippen molar-refractivity contribution in [1.82, 2.24) is 0 Å². The van der Waals surface area contributed by atoms with Gasteiger partial charge in [0, 0.05) is 64.6 Å². The van der Waals surface area contributed by atoms with Crippen molar-refractivity contribution in [3.8, 4) is 0 Å². The van der Waals surface area contributed by atoms with Crippen LogP contribution >= 0.6 is 0 Å². The Hall–Kier alpha value is -2.44. The largest absolute Gasteiger partial charge is 0.479 e. The predicted octanol–water partition coefficient (Wildman–Crippen LogP) is 3.23. The number of ether oxygens (including phenoxy) is 8. The Kier molecular flexibility index (Phi) is 21.1. The molecule has 0 radical (unpaired) electrons. The maximum Gasteiger partial charge on any atom is 0.332 e. The number of fused-ring (bicyclic) bond motifs is 6. The maximum absolute atomic E-state index is 13.9. The van der Waals surface area contributed by atoms with Crippen LogP contribution in [0.3, 0.4) is 0 Å². The summed E-state index contributed by atoms with van der Waals surface area (Å²) in [7, 11) is 2.98. The molecule has 8 bridgehead atoms. The predicted molar refractivity (Wildman–Crippen MR) is 254 cm³/mol. The molecule has 0 amide bonds. The molecular weight excluding hydrogens is 929 g/mol. The average Bonchev–Trinajstić information content (AvgIpc) is 3.32. The van der Waals surface area contributed by atoms with Crippen LogP contribution in [0.25, 0.3) is 0 Å². The zero-order valence-electron chi connectivity index (χ0n) is 42.2. The lowest BCUT2D eigenvalue weighted by molar-refractivity contribution is -0.423. The SMILES string of the molecule is CO[C@H]1CC[C@]23C=C[C@H](C)[C@@H](C[C@H](O)C[C@@H](O)C[C@H]4CCC[C@@H](CC(=O)O[C@@H]([C@H](O)C/C=C/C/C=C\C[C@@H](O)C(=O)O)C[C@]5(O)O[C@@]6(CC[C@H]5C)C[C@@H](OC)[C@H](O)[C@@H](CC[C@@H](C)[C@@H](O)[C@H](O)[C@H]1O2)O6)O4)O3. The zero-order valence-corrected chi connectivity index (χ0v) is 42.2. The molecule has 6 rings (SSSR count). The van der Waals surface area contributed by atoms with Crippen LogP contribution in [-0.2, 0) is 47.5 Å². The van der Waals surface area contributed by atoms with E-state index in [4.69, 9.17) is 43.0 Å². The van der Waals surface area contributed by atoms with Crippen molar-refractivity contribution >= 4 is 11.9 Å². The summed E-state index contributed by atoms with van der Waals surface area (Å²) in [6.45, 7) is 5.53. The molecular formula is C52H84O19. The Morgan fingerprint density at radius 1 is 0.775 bits per heavy atom. The third-order valence-corrected chi connectivity index (χ3v) is 15.8. The van der Waals surface area contributed by atoms with Gasteiger partial charge in [-0.3, -0.25) is 4.79 Å². The number of carboxylic acids is 1. The monoisotopic (exact) mass is 1010 g/mol. The number of carboxylic acid groups (broad SMARTS) is 1. The number of aliphatic hydroxyl groups is 8. The van der Waals surface area contributed by atoms with Gasteiger partial charge in [0.1, 0.15) is 24.4 Å². The van der Waals surface area contributed by atoms with Crippen LogP contribution in [0.1, 0.15) is 136 Å². The first-order valence-corrected chi connectivity index (χ1v) is 26.0. The normalized spacial score (nSPS) is 44.5. The maximum atomic E-state index is 13.9. The fourth-order valence-electron chi connectivity index (χ4n) is 11.3. The highest BCUT2D eigenvalue weighted by Gasteiger charge is 2.57. The van der Waals surface area contributed by atoms with Gasteiger partial charge in [0.2, 0.25) is 0 Å². The summed E-state index contributed by atoms with van der Waals surface area (Å²) in [4.78, 5) is 24.8. The summed E-state index contributed by atoms with van der Waals surface area (Å²) >= 11 is 0. The lowest BCUT2D eigenvalue weighted by Crippen LogP contribution is -2.63. The van der Waals surface area contributed by atoms with Crippen LogP contribution in [0, 0.1) is 17.8 Å². The van der Waals surface area contributed by atoms with Gasteiger partial charge in [0.05, 0.1) is 67.5 Å². The molecule has 19 nitrogen and oxygen atoms in total. The Balaban J connectivity index is 1.25. The van der Waals surface area contributed by atoms with Crippen LogP contribution in [-0.4, -0.2) is 181 Å². The molecule has 0 aromatic carbocycles. The highest BCUT2D eigenvalue weighted by atomic mass is 16.8. The molecule has 0 saturated carbocycles.